The summed E-state index contributed by atoms with van der Waals surface area (Å²) in [4.78, 5) is 25.1. The average molecular weight is 360 g/mol. The van der Waals surface area contributed by atoms with Crippen LogP contribution in [0.15, 0.2) is 17.2 Å². The first-order valence-electron chi connectivity index (χ1n) is 8.82. The fourth-order valence-electron chi connectivity index (χ4n) is 3.22. The van der Waals surface area contributed by atoms with Crippen LogP contribution < -0.4 is 20.9 Å². The van der Waals surface area contributed by atoms with Crippen LogP contribution >= 0.6 is 0 Å². The molecule has 1 amide bonds. The van der Waals surface area contributed by atoms with E-state index < -0.39 is 0 Å². The van der Waals surface area contributed by atoms with E-state index in [1.54, 1.807) is 10.9 Å². The normalized spacial score (nSPS) is 13.8. The van der Waals surface area contributed by atoms with Crippen LogP contribution in [0.2, 0.25) is 0 Å². The van der Waals surface area contributed by atoms with E-state index in [9.17, 15) is 9.59 Å². The van der Waals surface area contributed by atoms with Crippen LogP contribution in [0.4, 0.5) is 0 Å². The summed E-state index contributed by atoms with van der Waals surface area (Å²) in [7, 11) is 1.47. The molecule has 0 spiro atoms. The molecule has 3 heterocycles. The number of methoxy groups -OCH3 is 1. The van der Waals surface area contributed by atoms with E-state index in [1.807, 2.05) is 11.5 Å². The predicted molar refractivity (Wildman–Crippen MR) is 95.6 cm³/mol. The van der Waals surface area contributed by atoms with E-state index in [2.05, 4.69) is 20.8 Å². The standard InChI is InChI=1S/C17H24N6O3/c1-3-22-11-20-21-14(22)5-7-19-17(25)16-12-4-6-18-8-9-23(12)15(24)10-13(16)26-2/h10-11,18H,3-9H2,1-2H3,(H,19,25). The molecule has 0 unspecified atom stereocenters. The Kier molecular flexibility index (Phi) is 5.67. The maximum atomic E-state index is 12.8. The number of nitrogens with one attached hydrogen (secondary N) is 2. The van der Waals surface area contributed by atoms with Crippen LogP contribution in [0.5, 0.6) is 5.75 Å². The first kappa shape index (κ1) is 18.1. The van der Waals surface area contributed by atoms with Gasteiger partial charge in [0.05, 0.1) is 7.11 Å². The van der Waals surface area contributed by atoms with Crippen molar-refractivity contribution in [2.45, 2.75) is 32.9 Å². The van der Waals surface area contributed by atoms with Crippen LogP contribution in [0.1, 0.15) is 28.8 Å². The van der Waals surface area contributed by atoms with Crippen molar-refractivity contribution in [3.8, 4) is 5.75 Å². The van der Waals surface area contributed by atoms with Gasteiger partial charge in [-0.05, 0) is 6.92 Å². The maximum absolute atomic E-state index is 12.8. The number of ether oxygens (including phenoxy) is 1. The third-order valence-electron chi connectivity index (χ3n) is 4.55. The second kappa shape index (κ2) is 8.13. The number of aromatic nitrogens is 4. The monoisotopic (exact) mass is 360 g/mol. The third-order valence-corrected chi connectivity index (χ3v) is 4.55. The van der Waals surface area contributed by atoms with Crippen LogP contribution in [0, 0.1) is 0 Å². The molecule has 0 aromatic carbocycles. The molecule has 0 aliphatic carbocycles. The topological polar surface area (TPSA) is 103 Å². The lowest BCUT2D eigenvalue weighted by molar-refractivity contribution is 0.0948. The van der Waals surface area contributed by atoms with Crippen LogP contribution in [-0.2, 0) is 25.9 Å². The highest BCUT2D eigenvalue weighted by Crippen LogP contribution is 2.21. The second-order valence-electron chi connectivity index (χ2n) is 6.06. The number of hydrogen-bond acceptors (Lipinski definition) is 6. The highest BCUT2D eigenvalue weighted by atomic mass is 16.5. The molecule has 9 nitrogen and oxygen atoms in total. The smallest absolute Gasteiger partial charge is 0.256 e. The molecule has 0 atom stereocenters. The van der Waals surface area contributed by atoms with Crippen molar-refractivity contribution < 1.29 is 9.53 Å². The average Bonchev–Trinajstić information content (AvgIpc) is 2.95. The van der Waals surface area contributed by atoms with Crippen molar-refractivity contribution in [1.29, 1.82) is 0 Å². The van der Waals surface area contributed by atoms with Crippen molar-refractivity contribution in [2.24, 2.45) is 0 Å². The second-order valence-corrected chi connectivity index (χ2v) is 6.06. The molecular weight excluding hydrogens is 336 g/mol. The van der Waals surface area contributed by atoms with Crippen molar-refractivity contribution in [2.75, 3.05) is 26.7 Å². The summed E-state index contributed by atoms with van der Waals surface area (Å²) < 4.78 is 8.92. The van der Waals surface area contributed by atoms with E-state index in [0.29, 0.717) is 56.0 Å². The van der Waals surface area contributed by atoms with Gasteiger partial charge in [0.1, 0.15) is 23.5 Å². The van der Waals surface area contributed by atoms with Gasteiger partial charge in [-0.1, -0.05) is 0 Å². The minimum Gasteiger partial charge on any atom is -0.496 e. The predicted octanol–water partition coefficient (Wildman–Crippen LogP) is -0.413. The summed E-state index contributed by atoms with van der Waals surface area (Å²) in [6.45, 7) is 5.18. The molecule has 0 saturated heterocycles. The first-order valence-corrected chi connectivity index (χ1v) is 8.82. The van der Waals surface area contributed by atoms with Crippen LogP contribution in [-0.4, -0.2) is 52.0 Å². The molecule has 0 saturated carbocycles. The zero-order valence-electron chi connectivity index (χ0n) is 15.1. The lowest BCUT2D eigenvalue weighted by Gasteiger charge is -2.17. The highest BCUT2D eigenvalue weighted by molar-refractivity contribution is 5.98. The number of hydrogen-bond donors (Lipinski definition) is 2. The Morgan fingerprint density at radius 1 is 1.42 bits per heavy atom. The van der Waals surface area contributed by atoms with E-state index in [1.165, 1.54) is 13.2 Å². The molecule has 26 heavy (non-hydrogen) atoms. The van der Waals surface area contributed by atoms with Gasteiger partial charge < -0.3 is 24.5 Å². The van der Waals surface area contributed by atoms with Gasteiger partial charge in [-0.3, -0.25) is 9.59 Å². The number of amides is 1. The molecule has 2 N–H and O–H groups in total. The lowest BCUT2D eigenvalue weighted by Crippen LogP contribution is -2.32. The zero-order valence-corrected chi connectivity index (χ0v) is 15.1. The molecule has 3 rings (SSSR count). The summed E-state index contributed by atoms with van der Waals surface area (Å²) in [5, 5.41) is 14.1. The van der Waals surface area contributed by atoms with Gasteiger partial charge in [0.25, 0.3) is 11.5 Å². The number of pyridine rings is 1. The summed E-state index contributed by atoms with van der Waals surface area (Å²) in [5.41, 5.74) is 1.01. The Morgan fingerprint density at radius 3 is 3.04 bits per heavy atom. The lowest BCUT2D eigenvalue weighted by atomic mass is 10.1. The Bertz CT molecular complexity index is 842. The summed E-state index contributed by atoms with van der Waals surface area (Å²) >= 11 is 0. The molecular formula is C17H24N6O3. The molecule has 1 aliphatic heterocycles. The Balaban J connectivity index is 1.81. The molecule has 0 radical (unpaired) electrons. The maximum Gasteiger partial charge on any atom is 0.256 e. The van der Waals surface area contributed by atoms with E-state index in [0.717, 1.165) is 12.4 Å². The molecule has 2 aromatic rings. The number of aryl methyl sites for hydroxylation is 1. The number of carbonyl (C=O) groups excluding carboxylic acids is 1. The van der Waals surface area contributed by atoms with Gasteiger partial charge >= 0.3 is 0 Å². The zero-order chi connectivity index (χ0) is 18.5. The molecule has 0 bridgehead atoms. The van der Waals surface area contributed by atoms with Crippen molar-refractivity contribution >= 4 is 5.91 Å². The number of fused-ring (bicyclic) bond motifs is 1. The van der Waals surface area contributed by atoms with Crippen LogP contribution in [0.3, 0.4) is 0 Å². The Morgan fingerprint density at radius 2 is 2.27 bits per heavy atom. The van der Waals surface area contributed by atoms with Crippen molar-refractivity contribution in [3.63, 3.8) is 0 Å². The minimum atomic E-state index is -0.241. The van der Waals surface area contributed by atoms with Gasteiger partial charge in [-0.2, -0.15) is 0 Å². The first-order chi connectivity index (χ1) is 12.7. The number of nitrogens with zero attached hydrogens (tertiary/aromatic N) is 4. The van der Waals surface area contributed by atoms with E-state index >= 15 is 0 Å². The van der Waals surface area contributed by atoms with Crippen molar-refractivity contribution in [3.05, 3.63) is 39.8 Å². The van der Waals surface area contributed by atoms with Gasteiger partial charge in [-0.25, -0.2) is 0 Å². The third kappa shape index (κ3) is 3.62. The summed E-state index contributed by atoms with van der Waals surface area (Å²) in [6, 6.07) is 1.39. The van der Waals surface area contributed by atoms with E-state index in [4.69, 9.17) is 4.74 Å². The van der Waals surface area contributed by atoms with Gasteiger partial charge in [0.2, 0.25) is 0 Å². The Hall–Kier alpha value is -2.68. The van der Waals surface area contributed by atoms with Gasteiger partial charge in [0, 0.05) is 57.3 Å². The minimum absolute atomic E-state index is 0.145. The largest absolute Gasteiger partial charge is 0.496 e. The fraction of sp³-hybridized carbons (Fsp3) is 0.529. The fourth-order valence-corrected chi connectivity index (χ4v) is 3.22. The molecule has 1 aliphatic rings. The molecule has 2 aromatic heterocycles. The van der Waals surface area contributed by atoms with Gasteiger partial charge in [0.15, 0.2) is 0 Å². The summed E-state index contributed by atoms with van der Waals surface area (Å²) in [5.74, 6) is 0.902. The molecule has 9 heteroatoms. The summed E-state index contributed by atoms with van der Waals surface area (Å²) in [6.07, 6.45) is 2.86. The van der Waals surface area contributed by atoms with E-state index in [-0.39, 0.29) is 11.5 Å². The van der Waals surface area contributed by atoms with Crippen molar-refractivity contribution in [1.82, 2.24) is 30.0 Å². The quantitative estimate of drug-likeness (QED) is 0.726. The number of rotatable bonds is 6. The highest BCUT2D eigenvalue weighted by Gasteiger charge is 2.23. The Labute approximate surface area is 151 Å². The molecule has 0 fully saturated rings. The molecule has 140 valence electrons. The van der Waals surface area contributed by atoms with Crippen LogP contribution in [0.25, 0.3) is 0 Å². The number of carbonyl (C=O) groups is 1. The van der Waals surface area contributed by atoms with Gasteiger partial charge in [-0.15, -0.1) is 10.2 Å². The SMILES string of the molecule is CCn1cnnc1CCNC(=O)c1c(OC)cc(=O)n2c1CCNCC2.